The van der Waals surface area contributed by atoms with Crippen LogP contribution in [0, 0.1) is 10.1 Å². The van der Waals surface area contributed by atoms with E-state index < -0.39 is 0 Å². The smallest absolute Gasteiger partial charge is 0.258 e. The molecular weight excluding hydrogens is 202 g/mol. The molecule has 0 aliphatic carbocycles. The average Bonchev–Trinajstić information content (AvgIpc) is 2.15. The molecule has 0 aromatic heterocycles. The lowest BCUT2D eigenvalue weighted by atomic mass is 9.84. The Kier molecular flexibility index (Phi) is 3.36. The van der Waals surface area contributed by atoms with Crippen molar-refractivity contribution in [3.63, 3.8) is 0 Å². The maximum atomic E-state index is 10.9. The van der Waals surface area contributed by atoms with E-state index in [1.165, 1.54) is 0 Å². The van der Waals surface area contributed by atoms with Gasteiger partial charge in [-0.2, -0.15) is 0 Å². The minimum atomic E-state index is -0.304. The molecule has 3 heteroatoms. The van der Waals surface area contributed by atoms with E-state index in [1.54, 1.807) is 6.07 Å². The Morgan fingerprint density at radius 2 is 1.81 bits per heavy atom. The zero-order valence-corrected chi connectivity index (χ0v) is 10.6. The average molecular weight is 221 g/mol. The van der Waals surface area contributed by atoms with Crippen molar-refractivity contribution in [1.29, 1.82) is 0 Å². The van der Waals surface area contributed by atoms with Gasteiger partial charge < -0.3 is 0 Å². The molecule has 0 fully saturated rings. The highest BCUT2D eigenvalue weighted by Gasteiger charge is 2.21. The summed E-state index contributed by atoms with van der Waals surface area (Å²) in [6.45, 7) is 10.3. The van der Waals surface area contributed by atoms with Crippen molar-refractivity contribution in [3.05, 3.63) is 39.4 Å². The Morgan fingerprint density at radius 3 is 2.19 bits per heavy atom. The van der Waals surface area contributed by atoms with Gasteiger partial charge in [0.2, 0.25) is 0 Å². The first-order valence-electron chi connectivity index (χ1n) is 5.52. The van der Waals surface area contributed by atoms with Crippen LogP contribution in [0.25, 0.3) is 0 Å². The molecular formula is C13H19NO2. The van der Waals surface area contributed by atoms with E-state index in [9.17, 15) is 10.1 Å². The summed E-state index contributed by atoms with van der Waals surface area (Å²) in [7, 11) is 0. The molecule has 88 valence electrons. The Balaban J connectivity index is 3.34. The van der Waals surface area contributed by atoms with Gasteiger partial charge in [0, 0.05) is 11.6 Å². The number of hydrogen-bond donors (Lipinski definition) is 0. The minimum Gasteiger partial charge on any atom is -0.258 e. The molecule has 1 aromatic rings. The molecule has 0 unspecified atom stereocenters. The summed E-state index contributed by atoms with van der Waals surface area (Å²) in [6, 6.07) is 5.43. The van der Waals surface area contributed by atoms with Crippen LogP contribution in [0.3, 0.4) is 0 Å². The lowest BCUT2D eigenvalue weighted by Crippen LogP contribution is -2.12. The van der Waals surface area contributed by atoms with Crippen molar-refractivity contribution in [3.8, 4) is 0 Å². The SMILES string of the molecule is CC(C)c1cc(C(C)(C)C)ccc1[N+](=O)[O-]. The number of benzene rings is 1. The molecule has 0 N–H and O–H groups in total. The number of nitro groups is 1. The number of rotatable bonds is 2. The van der Waals surface area contributed by atoms with Crippen LogP contribution in [0.5, 0.6) is 0 Å². The molecule has 16 heavy (non-hydrogen) atoms. The Labute approximate surface area is 96.6 Å². The standard InChI is InChI=1S/C13H19NO2/c1-9(2)11-8-10(13(3,4)5)6-7-12(11)14(15)16/h6-9H,1-5H3. The summed E-state index contributed by atoms with van der Waals surface area (Å²) in [6.07, 6.45) is 0. The van der Waals surface area contributed by atoms with Crippen molar-refractivity contribution in [2.75, 3.05) is 0 Å². The fourth-order valence-corrected chi connectivity index (χ4v) is 1.65. The number of hydrogen-bond acceptors (Lipinski definition) is 2. The van der Waals surface area contributed by atoms with Gasteiger partial charge in [0.05, 0.1) is 4.92 Å². The first kappa shape index (κ1) is 12.7. The second-order valence-corrected chi connectivity index (χ2v) is 5.44. The molecule has 0 aliphatic rings. The molecule has 0 amide bonds. The third-order valence-corrected chi connectivity index (χ3v) is 2.71. The van der Waals surface area contributed by atoms with Gasteiger partial charge in [-0.1, -0.05) is 40.7 Å². The van der Waals surface area contributed by atoms with Crippen LogP contribution in [-0.2, 0) is 5.41 Å². The van der Waals surface area contributed by atoms with Crippen LogP contribution >= 0.6 is 0 Å². The molecule has 1 rings (SSSR count). The van der Waals surface area contributed by atoms with E-state index in [2.05, 4.69) is 20.8 Å². The van der Waals surface area contributed by atoms with E-state index in [1.807, 2.05) is 26.0 Å². The zero-order valence-electron chi connectivity index (χ0n) is 10.6. The van der Waals surface area contributed by atoms with Gasteiger partial charge in [0.25, 0.3) is 5.69 Å². The Morgan fingerprint density at radius 1 is 1.25 bits per heavy atom. The zero-order chi connectivity index (χ0) is 12.5. The molecule has 0 heterocycles. The normalized spacial score (nSPS) is 11.9. The first-order valence-corrected chi connectivity index (χ1v) is 5.52. The van der Waals surface area contributed by atoms with Crippen molar-refractivity contribution < 1.29 is 4.92 Å². The van der Waals surface area contributed by atoms with Crippen LogP contribution < -0.4 is 0 Å². The molecule has 0 spiro atoms. The molecule has 0 saturated heterocycles. The van der Waals surface area contributed by atoms with Crippen molar-refractivity contribution in [1.82, 2.24) is 0 Å². The Hall–Kier alpha value is -1.38. The maximum absolute atomic E-state index is 10.9. The fourth-order valence-electron chi connectivity index (χ4n) is 1.65. The Bertz CT molecular complexity index is 403. The summed E-state index contributed by atoms with van der Waals surface area (Å²) >= 11 is 0. The van der Waals surface area contributed by atoms with Gasteiger partial charge >= 0.3 is 0 Å². The van der Waals surface area contributed by atoms with Crippen LogP contribution in [0.1, 0.15) is 51.7 Å². The summed E-state index contributed by atoms with van der Waals surface area (Å²) in [5, 5.41) is 10.9. The molecule has 0 saturated carbocycles. The third-order valence-electron chi connectivity index (χ3n) is 2.71. The minimum absolute atomic E-state index is 0.0266. The van der Waals surface area contributed by atoms with E-state index in [4.69, 9.17) is 0 Å². The van der Waals surface area contributed by atoms with E-state index in [0.29, 0.717) is 0 Å². The molecule has 0 radical (unpaired) electrons. The van der Waals surface area contributed by atoms with Gasteiger partial charge in [-0.25, -0.2) is 0 Å². The van der Waals surface area contributed by atoms with Gasteiger partial charge in [0.1, 0.15) is 0 Å². The lowest BCUT2D eigenvalue weighted by Gasteiger charge is -2.20. The van der Waals surface area contributed by atoms with Crippen molar-refractivity contribution in [2.24, 2.45) is 0 Å². The fraction of sp³-hybridized carbons (Fsp3) is 0.538. The summed E-state index contributed by atoms with van der Waals surface area (Å²) in [5.41, 5.74) is 2.21. The van der Waals surface area contributed by atoms with Gasteiger partial charge in [-0.15, -0.1) is 0 Å². The maximum Gasteiger partial charge on any atom is 0.272 e. The monoisotopic (exact) mass is 221 g/mol. The molecule has 0 bridgehead atoms. The predicted molar refractivity (Wildman–Crippen MR) is 65.9 cm³/mol. The highest BCUT2D eigenvalue weighted by Crippen LogP contribution is 2.31. The molecule has 0 aliphatic heterocycles. The summed E-state index contributed by atoms with van der Waals surface area (Å²) in [5.74, 6) is 0.169. The molecule has 0 atom stereocenters. The van der Waals surface area contributed by atoms with E-state index >= 15 is 0 Å². The first-order chi connectivity index (χ1) is 7.23. The largest absolute Gasteiger partial charge is 0.272 e. The van der Waals surface area contributed by atoms with Crippen LogP contribution in [0.15, 0.2) is 18.2 Å². The summed E-state index contributed by atoms with van der Waals surface area (Å²) in [4.78, 5) is 10.6. The van der Waals surface area contributed by atoms with Crippen molar-refractivity contribution in [2.45, 2.75) is 46.0 Å². The van der Waals surface area contributed by atoms with E-state index in [-0.39, 0.29) is 21.9 Å². The lowest BCUT2D eigenvalue weighted by molar-refractivity contribution is -0.385. The number of nitrogens with zero attached hydrogens (tertiary/aromatic N) is 1. The van der Waals surface area contributed by atoms with Crippen LogP contribution in [0.2, 0.25) is 0 Å². The van der Waals surface area contributed by atoms with Crippen LogP contribution in [0.4, 0.5) is 5.69 Å². The topological polar surface area (TPSA) is 43.1 Å². The number of nitro benzene ring substituents is 1. The quantitative estimate of drug-likeness (QED) is 0.559. The molecule has 3 nitrogen and oxygen atoms in total. The van der Waals surface area contributed by atoms with Gasteiger partial charge in [-0.3, -0.25) is 10.1 Å². The predicted octanol–water partition coefficient (Wildman–Crippen LogP) is 4.02. The third kappa shape index (κ3) is 2.60. The van der Waals surface area contributed by atoms with Gasteiger partial charge in [-0.05, 0) is 23.0 Å². The molecule has 1 aromatic carbocycles. The van der Waals surface area contributed by atoms with E-state index in [0.717, 1.165) is 11.1 Å². The summed E-state index contributed by atoms with van der Waals surface area (Å²) < 4.78 is 0. The van der Waals surface area contributed by atoms with Crippen molar-refractivity contribution >= 4 is 5.69 Å². The second-order valence-electron chi connectivity index (χ2n) is 5.44. The van der Waals surface area contributed by atoms with Gasteiger partial charge in [0.15, 0.2) is 0 Å². The second kappa shape index (κ2) is 4.24. The highest BCUT2D eigenvalue weighted by atomic mass is 16.6. The van der Waals surface area contributed by atoms with Crippen LogP contribution in [-0.4, -0.2) is 4.92 Å². The highest BCUT2D eigenvalue weighted by molar-refractivity contribution is 5.46.